The minimum atomic E-state index is -3.66. The molecule has 0 spiro atoms. The Morgan fingerprint density at radius 3 is 2.38 bits per heavy atom. The zero-order chi connectivity index (χ0) is 10.1. The van der Waals surface area contributed by atoms with E-state index in [-0.39, 0.29) is 0 Å². The Bertz CT molecular complexity index is 412. The summed E-state index contributed by atoms with van der Waals surface area (Å²) in [5.41, 5.74) is 2.46. The first-order chi connectivity index (χ1) is 5.88. The van der Waals surface area contributed by atoms with Gasteiger partial charge in [-0.1, -0.05) is 17.7 Å². The van der Waals surface area contributed by atoms with Crippen LogP contribution in [0.2, 0.25) is 0 Å². The van der Waals surface area contributed by atoms with Crippen LogP contribution >= 0.6 is 0 Å². The molecule has 0 bridgehead atoms. The Hall–Kier alpha value is -1.07. The van der Waals surface area contributed by atoms with Crippen LogP contribution in [-0.4, -0.2) is 8.42 Å². The third-order valence-electron chi connectivity index (χ3n) is 1.63. The van der Waals surface area contributed by atoms with Crippen LogP contribution in [0.15, 0.2) is 18.2 Å². The highest BCUT2D eigenvalue weighted by Gasteiger charge is 2.04. The second-order valence-corrected chi connectivity index (χ2v) is 4.26. The molecule has 0 aliphatic rings. The van der Waals surface area contributed by atoms with Gasteiger partial charge in [-0.25, -0.2) is 5.14 Å². The molecule has 3 N–H and O–H groups in total. The lowest BCUT2D eigenvalue weighted by Crippen LogP contribution is -2.22. The Morgan fingerprint density at radius 2 is 1.92 bits per heavy atom. The van der Waals surface area contributed by atoms with E-state index in [0.29, 0.717) is 5.69 Å². The molecule has 0 saturated carbocycles. The van der Waals surface area contributed by atoms with Crippen molar-refractivity contribution in [2.24, 2.45) is 5.14 Å². The van der Waals surface area contributed by atoms with E-state index in [0.717, 1.165) is 11.1 Å². The SMILES string of the molecule is Cc1ccc(NS(N)(=O)=O)c(C)c1. The molecule has 0 amide bonds. The van der Waals surface area contributed by atoms with E-state index in [2.05, 4.69) is 4.72 Å². The molecule has 1 aromatic rings. The fourth-order valence-electron chi connectivity index (χ4n) is 1.08. The van der Waals surface area contributed by atoms with Gasteiger partial charge in [-0.05, 0) is 25.5 Å². The third kappa shape index (κ3) is 3.04. The molecule has 0 aliphatic carbocycles. The Kier molecular flexibility index (Phi) is 2.58. The van der Waals surface area contributed by atoms with E-state index in [1.807, 2.05) is 26.0 Å². The van der Waals surface area contributed by atoms with E-state index < -0.39 is 10.2 Å². The Morgan fingerprint density at radius 1 is 1.31 bits per heavy atom. The van der Waals surface area contributed by atoms with Gasteiger partial charge in [-0.15, -0.1) is 0 Å². The topological polar surface area (TPSA) is 72.2 Å². The minimum Gasteiger partial charge on any atom is -0.271 e. The van der Waals surface area contributed by atoms with Crippen LogP contribution in [0.5, 0.6) is 0 Å². The summed E-state index contributed by atoms with van der Waals surface area (Å²) in [7, 11) is -3.66. The molecule has 0 radical (unpaired) electrons. The predicted molar refractivity (Wildman–Crippen MR) is 52.6 cm³/mol. The van der Waals surface area contributed by atoms with Crippen LogP contribution in [0.4, 0.5) is 5.69 Å². The van der Waals surface area contributed by atoms with Gasteiger partial charge in [0.25, 0.3) is 10.2 Å². The molecule has 4 nitrogen and oxygen atoms in total. The number of rotatable bonds is 2. The van der Waals surface area contributed by atoms with Gasteiger partial charge < -0.3 is 0 Å². The van der Waals surface area contributed by atoms with Gasteiger partial charge in [0.05, 0.1) is 5.69 Å². The minimum absolute atomic E-state index is 0.521. The standard InChI is InChI=1S/C8H12N2O2S/c1-6-3-4-8(7(2)5-6)10-13(9,11)12/h3-5,10H,1-2H3,(H2,9,11,12). The number of nitrogens with two attached hydrogens (primary N) is 1. The highest BCUT2D eigenvalue weighted by atomic mass is 32.2. The van der Waals surface area contributed by atoms with Crippen molar-refractivity contribution < 1.29 is 8.42 Å². The van der Waals surface area contributed by atoms with E-state index in [4.69, 9.17) is 5.14 Å². The molecule has 72 valence electrons. The number of benzene rings is 1. The lowest BCUT2D eigenvalue weighted by Gasteiger charge is -2.07. The van der Waals surface area contributed by atoms with Gasteiger partial charge in [-0.2, -0.15) is 8.42 Å². The monoisotopic (exact) mass is 200 g/mol. The van der Waals surface area contributed by atoms with Crippen LogP contribution in [0, 0.1) is 13.8 Å². The van der Waals surface area contributed by atoms with Gasteiger partial charge in [-0.3, -0.25) is 4.72 Å². The summed E-state index contributed by atoms with van der Waals surface area (Å²) in [6, 6.07) is 5.39. The maximum atomic E-state index is 10.7. The first-order valence-electron chi connectivity index (χ1n) is 3.76. The summed E-state index contributed by atoms with van der Waals surface area (Å²) in [5, 5.41) is 4.84. The van der Waals surface area contributed by atoms with Crippen LogP contribution in [0.3, 0.4) is 0 Å². The zero-order valence-electron chi connectivity index (χ0n) is 7.53. The normalized spacial score (nSPS) is 11.3. The fraction of sp³-hybridized carbons (Fsp3) is 0.250. The van der Waals surface area contributed by atoms with Crippen LogP contribution < -0.4 is 9.86 Å². The van der Waals surface area contributed by atoms with E-state index >= 15 is 0 Å². The molecule has 0 saturated heterocycles. The summed E-state index contributed by atoms with van der Waals surface area (Å²) in [5.74, 6) is 0. The average molecular weight is 200 g/mol. The van der Waals surface area contributed by atoms with Crippen molar-refractivity contribution in [2.45, 2.75) is 13.8 Å². The van der Waals surface area contributed by atoms with Crippen LogP contribution in [0.25, 0.3) is 0 Å². The summed E-state index contributed by atoms with van der Waals surface area (Å²) in [6.45, 7) is 3.76. The van der Waals surface area contributed by atoms with E-state index in [1.54, 1.807) is 6.07 Å². The quantitative estimate of drug-likeness (QED) is 0.745. The molecule has 0 fully saturated rings. The van der Waals surface area contributed by atoms with Gasteiger partial charge in [0.2, 0.25) is 0 Å². The Labute approximate surface area is 77.9 Å². The molecular formula is C8H12N2O2S. The van der Waals surface area contributed by atoms with Crippen LogP contribution in [-0.2, 0) is 10.2 Å². The molecule has 0 aliphatic heterocycles. The van der Waals surface area contributed by atoms with Crippen molar-refractivity contribution >= 4 is 15.9 Å². The first kappa shape index (κ1) is 10.0. The second kappa shape index (κ2) is 3.35. The maximum absolute atomic E-state index is 10.7. The number of aryl methyl sites for hydroxylation is 2. The number of hydrogen-bond donors (Lipinski definition) is 2. The van der Waals surface area contributed by atoms with Crippen molar-refractivity contribution in [3.05, 3.63) is 29.3 Å². The second-order valence-electron chi connectivity index (χ2n) is 2.97. The van der Waals surface area contributed by atoms with Gasteiger partial charge in [0, 0.05) is 0 Å². The van der Waals surface area contributed by atoms with Crippen molar-refractivity contribution in [3.8, 4) is 0 Å². The number of hydrogen-bond acceptors (Lipinski definition) is 2. The highest BCUT2D eigenvalue weighted by molar-refractivity contribution is 7.90. The maximum Gasteiger partial charge on any atom is 0.296 e. The molecule has 0 unspecified atom stereocenters. The summed E-state index contributed by atoms with van der Waals surface area (Å²) in [6.07, 6.45) is 0. The first-order valence-corrected chi connectivity index (χ1v) is 5.31. The lowest BCUT2D eigenvalue weighted by molar-refractivity contribution is 0.603. The molecule has 13 heavy (non-hydrogen) atoms. The summed E-state index contributed by atoms with van der Waals surface area (Å²) >= 11 is 0. The Balaban J connectivity index is 3.04. The van der Waals surface area contributed by atoms with Gasteiger partial charge in [0.15, 0.2) is 0 Å². The van der Waals surface area contributed by atoms with E-state index in [1.165, 1.54) is 0 Å². The molecular weight excluding hydrogens is 188 g/mol. The largest absolute Gasteiger partial charge is 0.296 e. The third-order valence-corrected chi connectivity index (χ3v) is 2.14. The highest BCUT2D eigenvalue weighted by Crippen LogP contribution is 2.16. The molecule has 5 heteroatoms. The molecule has 0 aromatic heterocycles. The predicted octanol–water partition coefficient (Wildman–Crippen LogP) is 0.919. The van der Waals surface area contributed by atoms with Gasteiger partial charge in [0.1, 0.15) is 0 Å². The molecule has 0 atom stereocenters. The van der Waals surface area contributed by atoms with Crippen molar-refractivity contribution in [1.82, 2.24) is 0 Å². The molecule has 0 heterocycles. The summed E-state index contributed by atoms with van der Waals surface area (Å²) in [4.78, 5) is 0. The smallest absolute Gasteiger partial charge is 0.271 e. The van der Waals surface area contributed by atoms with Crippen molar-refractivity contribution in [3.63, 3.8) is 0 Å². The van der Waals surface area contributed by atoms with E-state index in [9.17, 15) is 8.42 Å². The van der Waals surface area contributed by atoms with Crippen molar-refractivity contribution in [2.75, 3.05) is 4.72 Å². The van der Waals surface area contributed by atoms with Crippen molar-refractivity contribution in [1.29, 1.82) is 0 Å². The number of nitrogens with one attached hydrogen (secondary N) is 1. The summed E-state index contributed by atoms with van der Waals surface area (Å²) < 4.78 is 23.6. The zero-order valence-corrected chi connectivity index (χ0v) is 8.35. The average Bonchev–Trinajstić information content (AvgIpc) is 1.93. The van der Waals surface area contributed by atoms with Gasteiger partial charge >= 0.3 is 0 Å². The van der Waals surface area contributed by atoms with Crippen LogP contribution in [0.1, 0.15) is 11.1 Å². The molecule has 1 aromatic carbocycles. The number of anilines is 1. The molecule has 1 rings (SSSR count). The fourth-order valence-corrected chi connectivity index (χ4v) is 1.62. The lowest BCUT2D eigenvalue weighted by atomic mass is 10.1.